The molecule has 2 nitrogen and oxygen atoms in total. The van der Waals surface area contributed by atoms with E-state index in [1.54, 1.807) is 7.11 Å². The van der Waals surface area contributed by atoms with Gasteiger partial charge in [-0.15, -0.1) is 0 Å². The fourth-order valence-electron chi connectivity index (χ4n) is 2.40. The van der Waals surface area contributed by atoms with Crippen LogP contribution < -0.4 is 4.74 Å². The Bertz CT molecular complexity index is 424. The van der Waals surface area contributed by atoms with E-state index >= 15 is 0 Å². The Labute approximate surface area is 129 Å². The SMILES string of the molecule is CCCCC/C=C/C(O)CCCc1ccc(C)c(OC)c1. The van der Waals surface area contributed by atoms with Crippen LogP contribution >= 0.6 is 0 Å². The first-order chi connectivity index (χ1) is 10.2. The molecule has 0 radical (unpaired) electrons. The van der Waals surface area contributed by atoms with Crippen LogP contribution in [-0.2, 0) is 6.42 Å². The van der Waals surface area contributed by atoms with Gasteiger partial charge in [0.2, 0.25) is 0 Å². The summed E-state index contributed by atoms with van der Waals surface area (Å²) in [5.74, 6) is 0.948. The Hall–Kier alpha value is -1.28. The zero-order valence-corrected chi connectivity index (χ0v) is 13.8. The average Bonchev–Trinajstić information content (AvgIpc) is 2.48. The van der Waals surface area contributed by atoms with Crippen LogP contribution in [-0.4, -0.2) is 18.3 Å². The molecular formula is C19H30O2. The molecule has 1 atom stereocenters. The lowest BCUT2D eigenvalue weighted by atomic mass is 10.0. The van der Waals surface area contributed by atoms with Crippen LogP contribution in [0.25, 0.3) is 0 Å². The van der Waals surface area contributed by atoms with Crippen LogP contribution in [0, 0.1) is 6.92 Å². The highest BCUT2D eigenvalue weighted by Gasteiger charge is 2.03. The van der Waals surface area contributed by atoms with E-state index in [2.05, 4.69) is 38.1 Å². The fourth-order valence-corrected chi connectivity index (χ4v) is 2.40. The molecule has 0 spiro atoms. The van der Waals surface area contributed by atoms with E-state index < -0.39 is 0 Å². The lowest BCUT2D eigenvalue weighted by molar-refractivity contribution is 0.209. The van der Waals surface area contributed by atoms with Gasteiger partial charge in [0.1, 0.15) is 5.75 Å². The minimum atomic E-state index is -0.307. The van der Waals surface area contributed by atoms with E-state index in [0.29, 0.717) is 0 Å². The number of allylic oxidation sites excluding steroid dienone is 1. The monoisotopic (exact) mass is 290 g/mol. The van der Waals surface area contributed by atoms with Crippen LogP contribution in [0.5, 0.6) is 5.75 Å². The number of hydrogen-bond acceptors (Lipinski definition) is 2. The highest BCUT2D eigenvalue weighted by Crippen LogP contribution is 2.20. The van der Waals surface area contributed by atoms with E-state index in [9.17, 15) is 5.11 Å². The number of aryl methyl sites for hydroxylation is 2. The molecule has 0 heterocycles. The van der Waals surface area contributed by atoms with Crippen molar-refractivity contribution in [3.63, 3.8) is 0 Å². The smallest absolute Gasteiger partial charge is 0.122 e. The van der Waals surface area contributed by atoms with Gasteiger partial charge >= 0.3 is 0 Å². The van der Waals surface area contributed by atoms with Crippen molar-refractivity contribution in [3.8, 4) is 5.75 Å². The molecule has 0 saturated heterocycles. The van der Waals surface area contributed by atoms with E-state index in [4.69, 9.17) is 4.74 Å². The molecule has 21 heavy (non-hydrogen) atoms. The topological polar surface area (TPSA) is 29.5 Å². The average molecular weight is 290 g/mol. The van der Waals surface area contributed by atoms with Crippen LogP contribution in [0.1, 0.15) is 56.6 Å². The second-order valence-electron chi connectivity index (χ2n) is 5.69. The maximum atomic E-state index is 9.92. The number of hydrogen-bond donors (Lipinski definition) is 1. The number of methoxy groups -OCH3 is 1. The third-order valence-electron chi connectivity index (χ3n) is 3.77. The first-order valence-corrected chi connectivity index (χ1v) is 8.15. The summed E-state index contributed by atoms with van der Waals surface area (Å²) in [7, 11) is 1.71. The minimum Gasteiger partial charge on any atom is -0.496 e. The molecule has 0 aliphatic carbocycles. The van der Waals surface area contributed by atoms with Crippen molar-refractivity contribution < 1.29 is 9.84 Å². The van der Waals surface area contributed by atoms with Crippen molar-refractivity contribution in [2.24, 2.45) is 0 Å². The molecule has 0 fully saturated rings. The van der Waals surface area contributed by atoms with Crippen molar-refractivity contribution in [2.75, 3.05) is 7.11 Å². The summed E-state index contributed by atoms with van der Waals surface area (Å²) in [6.45, 7) is 4.26. The highest BCUT2D eigenvalue weighted by molar-refractivity contribution is 5.36. The van der Waals surface area contributed by atoms with Crippen molar-refractivity contribution in [2.45, 2.75) is 64.9 Å². The van der Waals surface area contributed by atoms with Gasteiger partial charge in [0.05, 0.1) is 13.2 Å². The van der Waals surface area contributed by atoms with Crippen LogP contribution in [0.4, 0.5) is 0 Å². The molecule has 0 amide bonds. The predicted octanol–water partition coefficient (Wildman–Crippen LogP) is 4.82. The first kappa shape index (κ1) is 17.8. The molecular weight excluding hydrogens is 260 g/mol. The standard InChI is InChI=1S/C19H30O2/c1-4-5-6-7-8-11-18(20)12-9-10-17-14-13-16(2)19(15-17)21-3/h8,11,13-15,18,20H,4-7,9-10,12H2,1-3H3/b11-8+. The molecule has 0 aromatic heterocycles. The third kappa shape index (κ3) is 7.33. The van der Waals surface area contributed by atoms with Crippen molar-refractivity contribution >= 4 is 0 Å². The zero-order valence-electron chi connectivity index (χ0n) is 13.8. The summed E-state index contributed by atoms with van der Waals surface area (Å²) in [6, 6.07) is 6.34. The predicted molar refractivity (Wildman–Crippen MR) is 90.0 cm³/mol. The van der Waals surface area contributed by atoms with Gasteiger partial charge in [-0.1, -0.05) is 44.1 Å². The Balaban J connectivity index is 2.26. The van der Waals surface area contributed by atoms with E-state index in [-0.39, 0.29) is 6.10 Å². The molecule has 118 valence electrons. The molecule has 1 N–H and O–H groups in total. The second-order valence-corrected chi connectivity index (χ2v) is 5.69. The quantitative estimate of drug-likeness (QED) is 0.494. The number of ether oxygens (including phenoxy) is 1. The molecule has 0 saturated carbocycles. The molecule has 1 aromatic rings. The fraction of sp³-hybridized carbons (Fsp3) is 0.579. The molecule has 0 aliphatic rings. The second kappa shape index (κ2) is 10.4. The van der Waals surface area contributed by atoms with Crippen molar-refractivity contribution in [3.05, 3.63) is 41.5 Å². The van der Waals surface area contributed by atoms with Crippen molar-refractivity contribution in [1.29, 1.82) is 0 Å². The van der Waals surface area contributed by atoms with Gasteiger partial charge in [-0.3, -0.25) is 0 Å². The van der Waals surface area contributed by atoms with Gasteiger partial charge < -0.3 is 9.84 Å². The number of benzene rings is 1. The molecule has 0 aliphatic heterocycles. The number of aliphatic hydroxyl groups excluding tert-OH is 1. The minimum absolute atomic E-state index is 0.307. The van der Waals surface area contributed by atoms with Gasteiger partial charge in [0.25, 0.3) is 0 Å². The molecule has 1 unspecified atom stereocenters. The Morgan fingerprint density at radius 2 is 2.05 bits per heavy atom. The lowest BCUT2D eigenvalue weighted by Gasteiger charge is -2.09. The Kier molecular flexibility index (Phi) is 8.84. The van der Waals surface area contributed by atoms with E-state index in [0.717, 1.165) is 37.0 Å². The third-order valence-corrected chi connectivity index (χ3v) is 3.77. The Morgan fingerprint density at radius 3 is 2.76 bits per heavy atom. The van der Waals surface area contributed by atoms with Gasteiger partial charge in [-0.2, -0.15) is 0 Å². The maximum Gasteiger partial charge on any atom is 0.122 e. The molecule has 1 rings (SSSR count). The van der Waals surface area contributed by atoms with E-state index in [1.807, 2.05) is 6.08 Å². The van der Waals surface area contributed by atoms with Crippen LogP contribution in [0.15, 0.2) is 30.4 Å². The number of unbranched alkanes of at least 4 members (excludes halogenated alkanes) is 3. The lowest BCUT2D eigenvalue weighted by Crippen LogP contribution is -2.02. The summed E-state index contributed by atoms with van der Waals surface area (Å²) in [5.41, 5.74) is 2.44. The number of aliphatic hydroxyl groups is 1. The van der Waals surface area contributed by atoms with Crippen molar-refractivity contribution in [1.82, 2.24) is 0 Å². The normalized spacial score (nSPS) is 12.8. The van der Waals surface area contributed by atoms with Gasteiger partial charge in [0, 0.05) is 0 Å². The van der Waals surface area contributed by atoms with Gasteiger partial charge in [0.15, 0.2) is 0 Å². The van der Waals surface area contributed by atoms with Crippen LogP contribution in [0.2, 0.25) is 0 Å². The molecule has 0 bridgehead atoms. The maximum absolute atomic E-state index is 9.92. The zero-order chi connectivity index (χ0) is 15.5. The summed E-state index contributed by atoms with van der Waals surface area (Å²) in [4.78, 5) is 0. The number of rotatable bonds is 10. The largest absolute Gasteiger partial charge is 0.496 e. The first-order valence-electron chi connectivity index (χ1n) is 8.15. The summed E-state index contributed by atoms with van der Waals surface area (Å²) in [5, 5.41) is 9.92. The highest BCUT2D eigenvalue weighted by atomic mass is 16.5. The summed E-state index contributed by atoms with van der Waals surface area (Å²) < 4.78 is 5.34. The molecule has 2 heteroatoms. The Morgan fingerprint density at radius 1 is 1.24 bits per heavy atom. The van der Waals surface area contributed by atoms with Gasteiger partial charge in [-0.25, -0.2) is 0 Å². The van der Waals surface area contributed by atoms with E-state index in [1.165, 1.54) is 24.8 Å². The summed E-state index contributed by atoms with van der Waals surface area (Å²) in [6.07, 6.45) is 11.4. The van der Waals surface area contributed by atoms with Gasteiger partial charge in [-0.05, 0) is 56.2 Å². The molecule has 1 aromatic carbocycles. The summed E-state index contributed by atoms with van der Waals surface area (Å²) >= 11 is 0. The van der Waals surface area contributed by atoms with Crippen LogP contribution in [0.3, 0.4) is 0 Å².